The lowest BCUT2D eigenvalue weighted by atomic mass is 10.3. The van der Waals surface area contributed by atoms with Crippen LogP contribution in [-0.2, 0) is 4.79 Å². The molecule has 0 fully saturated rings. The molecule has 0 aromatic rings. The van der Waals surface area contributed by atoms with E-state index in [1.54, 1.807) is 0 Å². The number of rotatable bonds is 5. The predicted molar refractivity (Wildman–Crippen MR) is 62.2 cm³/mol. The first-order valence-corrected chi connectivity index (χ1v) is 5.45. The molecule has 3 heteroatoms. The minimum atomic E-state index is -1.19. The van der Waals surface area contributed by atoms with Gasteiger partial charge in [0.25, 0.3) is 0 Å². The average molecular weight is 215 g/mol. The lowest BCUT2D eigenvalue weighted by Gasteiger charge is -2.27. The number of unbranched alkanes of at least 4 members (excludes halogenated alkanes) is 1. The van der Waals surface area contributed by atoms with Gasteiger partial charge in [-0.15, -0.1) is 0 Å². The Labute approximate surface area is 94.0 Å². The second-order valence-corrected chi connectivity index (χ2v) is 4.40. The standard InChI is InChI=1S/C8H20N.C4H6O2/c1-5-7-8-9(3,4)6-2;1-3(2)4(5)6/h5-8H2,1-4H3;1H2,2H3,(H,5,6)/q+1;/p-1. The van der Waals surface area contributed by atoms with Crippen molar-refractivity contribution in [2.24, 2.45) is 0 Å². The highest BCUT2D eigenvalue weighted by Crippen LogP contribution is 1.99. The van der Waals surface area contributed by atoms with Gasteiger partial charge in [-0.05, 0) is 25.8 Å². The summed E-state index contributed by atoms with van der Waals surface area (Å²) >= 11 is 0. The minimum Gasteiger partial charge on any atom is -0.545 e. The van der Waals surface area contributed by atoms with Crippen molar-refractivity contribution in [1.29, 1.82) is 0 Å². The molecule has 0 amide bonds. The summed E-state index contributed by atoms with van der Waals surface area (Å²) in [5.74, 6) is -1.19. The van der Waals surface area contributed by atoms with Gasteiger partial charge in [-0.1, -0.05) is 19.9 Å². The molecule has 3 nitrogen and oxygen atoms in total. The van der Waals surface area contributed by atoms with Crippen LogP contribution in [0.3, 0.4) is 0 Å². The van der Waals surface area contributed by atoms with E-state index in [4.69, 9.17) is 0 Å². The SMILES string of the molecule is C=C(C)C(=O)[O-].CCCC[N+](C)(C)CC. The number of hydrogen-bond donors (Lipinski definition) is 0. The molecule has 0 aliphatic carbocycles. The maximum Gasteiger partial charge on any atom is 0.0782 e. The summed E-state index contributed by atoms with van der Waals surface area (Å²) in [6.45, 7) is 11.5. The number of aliphatic carboxylic acids is 1. The van der Waals surface area contributed by atoms with Crippen LogP contribution in [0.1, 0.15) is 33.6 Å². The number of nitrogens with zero attached hydrogens (tertiary/aromatic N) is 1. The maximum atomic E-state index is 9.49. The predicted octanol–water partition coefficient (Wildman–Crippen LogP) is 1.20. The van der Waals surface area contributed by atoms with E-state index in [1.165, 1.54) is 37.3 Å². The molecule has 0 saturated heterocycles. The largest absolute Gasteiger partial charge is 0.545 e. The zero-order valence-electron chi connectivity index (χ0n) is 10.8. The van der Waals surface area contributed by atoms with Gasteiger partial charge in [-0.3, -0.25) is 0 Å². The van der Waals surface area contributed by atoms with Crippen LogP contribution in [-0.4, -0.2) is 37.6 Å². The van der Waals surface area contributed by atoms with Gasteiger partial charge >= 0.3 is 0 Å². The van der Waals surface area contributed by atoms with Crippen LogP contribution in [0.25, 0.3) is 0 Å². The monoisotopic (exact) mass is 215 g/mol. The highest BCUT2D eigenvalue weighted by Gasteiger charge is 2.08. The van der Waals surface area contributed by atoms with E-state index in [0.29, 0.717) is 0 Å². The number of carboxylic acid groups (broad SMARTS) is 1. The van der Waals surface area contributed by atoms with Gasteiger partial charge in [0.2, 0.25) is 0 Å². The molecule has 15 heavy (non-hydrogen) atoms. The van der Waals surface area contributed by atoms with Crippen molar-refractivity contribution in [2.75, 3.05) is 27.2 Å². The van der Waals surface area contributed by atoms with E-state index in [-0.39, 0.29) is 5.57 Å². The van der Waals surface area contributed by atoms with E-state index in [1.807, 2.05) is 0 Å². The van der Waals surface area contributed by atoms with Crippen molar-refractivity contribution in [2.45, 2.75) is 33.6 Å². The van der Waals surface area contributed by atoms with E-state index in [0.717, 1.165) is 0 Å². The molecule has 0 saturated carbocycles. The van der Waals surface area contributed by atoms with E-state index in [9.17, 15) is 9.90 Å². The summed E-state index contributed by atoms with van der Waals surface area (Å²) in [5, 5.41) is 9.49. The highest BCUT2D eigenvalue weighted by atomic mass is 16.4. The second kappa shape index (κ2) is 8.48. The summed E-state index contributed by atoms with van der Waals surface area (Å²) in [7, 11) is 4.57. The molecule has 0 unspecified atom stereocenters. The Morgan fingerprint density at radius 3 is 1.93 bits per heavy atom. The molecule has 0 heterocycles. The molecule has 0 bridgehead atoms. The fourth-order valence-corrected chi connectivity index (χ4v) is 0.744. The molecule has 0 aromatic carbocycles. The van der Waals surface area contributed by atoms with Gasteiger partial charge < -0.3 is 14.4 Å². The number of carboxylic acids is 1. The van der Waals surface area contributed by atoms with Gasteiger partial charge in [-0.2, -0.15) is 0 Å². The van der Waals surface area contributed by atoms with Crippen molar-refractivity contribution in [3.8, 4) is 0 Å². The van der Waals surface area contributed by atoms with Crippen LogP contribution in [0.5, 0.6) is 0 Å². The fraction of sp³-hybridized carbons (Fsp3) is 0.750. The third-order valence-corrected chi connectivity index (χ3v) is 2.32. The number of carbonyl (C=O) groups is 1. The Morgan fingerprint density at radius 1 is 1.33 bits per heavy atom. The summed E-state index contributed by atoms with van der Waals surface area (Å²) in [6.07, 6.45) is 2.68. The lowest BCUT2D eigenvalue weighted by molar-refractivity contribution is -0.888. The van der Waals surface area contributed by atoms with Crippen LogP contribution < -0.4 is 5.11 Å². The van der Waals surface area contributed by atoms with Crippen molar-refractivity contribution in [1.82, 2.24) is 0 Å². The quantitative estimate of drug-likeness (QED) is 0.510. The van der Waals surface area contributed by atoms with Crippen molar-refractivity contribution in [3.63, 3.8) is 0 Å². The van der Waals surface area contributed by atoms with Gasteiger partial charge in [0.05, 0.1) is 33.2 Å². The molecule has 0 spiro atoms. The van der Waals surface area contributed by atoms with Crippen LogP contribution in [0.2, 0.25) is 0 Å². The topological polar surface area (TPSA) is 40.1 Å². The minimum absolute atomic E-state index is 0.0648. The highest BCUT2D eigenvalue weighted by molar-refractivity contribution is 5.82. The third kappa shape index (κ3) is 13.2. The molecule has 90 valence electrons. The second-order valence-electron chi connectivity index (χ2n) is 4.40. The molecule has 0 aliphatic rings. The zero-order chi connectivity index (χ0) is 12.5. The molecule has 0 atom stereocenters. The van der Waals surface area contributed by atoms with Crippen molar-refractivity contribution >= 4 is 5.97 Å². The smallest absolute Gasteiger partial charge is 0.0782 e. The fourth-order valence-electron chi connectivity index (χ4n) is 0.744. The van der Waals surface area contributed by atoms with E-state index in [2.05, 4.69) is 34.5 Å². The normalized spacial score (nSPS) is 10.2. The molecule has 0 aromatic heterocycles. The van der Waals surface area contributed by atoms with Crippen LogP contribution in [0.4, 0.5) is 0 Å². The first kappa shape index (κ1) is 16.6. The Morgan fingerprint density at radius 2 is 1.73 bits per heavy atom. The molecule has 0 radical (unpaired) electrons. The molecular weight excluding hydrogens is 190 g/mol. The van der Waals surface area contributed by atoms with Gasteiger partial charge in [0.1, 0.15) is 0 Å². The van der Waals surface area contributed by atoms with Gasteiger partial charge in [0, 0.05) is 0 Å². The average Bonchev–Trinajstić information content (AvgIpc) is 2.16. The first-order chi connectivity index (χ1) is 6.76. The number of hydrogen-bond acceptors (Lipinski definition) is 2. The van der Waals surface area contributed by atoms with Crippen molar-refractivity contribution < 1.29 is 14.4 Å². The Bertz CT molecular complexity index is 186. The summed E-state index contributed by atoms with van der Waals surface area (Å²) in [4.78, 5) is 9.49. The zero-order valence-corrected chi connectivity index (χ0v) is 10.8. The summed E-state index contributed by atoms with van der Waals surface area (Å²) in [6, 6.07) is 0. The van der Waals surface area contributed by atoms with Crippen LogP contribution >= 0.6 is 0 Å². The molecule has 0 aliphatic heterocycles. The Balaban J connectivity index is 0. The van der Waals surface area contributed by atoms with Crippen LogP contribution in [0.15, 0.2) is 12.2 Å². The maximum absolute atomic E-state index is 9.49. The Kier molecular flexibility index (Phi) is 9.38. The summed E-state index contributed by atoms with van der Waals surface area (Å²) < 4.78 is 1.17. The van der Waals surface area contributed by atoms with Crippen molar-refractivity contribution in [3.05, 3.63) is 12.2 Å². The molecule has 0 rings (SSSR count). The van der Waals surface area contributed by atoms with Crippen LogP contribution in [0, 0.1) is 0 Å². The third-order valence-electron chi connectivity index (χ3n) is 2.32. The summed E-state index contributed by atoms with van der Waals surface area (Å²) in [5.41, 5.74) is 0.0648. The number of quaternary nitrogens is 1. The molecule has 0 N–H and O–H groups in total. The van der Waals surface area contributed by atoms with E-state index >= 15 is 0 Å². The lowest BCUT2D eigenvalue weighted by Crippen LogP contribution is -2.39. The molecular formula is C12H25NO2. The first-order valence-electron chi connectivity index (χ1n) is 5.45. The van der Waals surface area contributed by atoms with Gasteiger partial charge in [-0.25, -0.2) is 0 Å². The number of carbonyl (C=O) groups excluding carboxylic acids is 1. The van der Waals surface area contributed by atoms with Gasteiger partial charge in [0.15, 0.2) is 0 Å². The van der Waals surface area contributed by atoms with E-state index < -0.39 is 5.97 Å². The Hall–Kier alpha value is -0.830.